The molecule has 1 aliphatic rings. The van der Waals surface area contributed by atoms with E-state index in [1.807, 2.05) is 0 Å². The molecule has 0 atom stereocenters. The van der Waals surface area contributed by atoms with E-state index in [1.54, 1.807) is 0 Å². The van der Waals surface area contributed by atoms with Crippen LogP contribution in [-0.4, -0.2) is 30.6 Å². The Kier molecular flexibility index (Phi) is 7.05. The summed E-state index contributed by atoms with van der Waals surface area (Å²) in [6.45, 7) is 8.09. The third kappa shape index (κ3) is 5.99. The molecule has 3 heteroatoms. The van der Waals surface area contributed by atoms with Crippen molar-refractivity contribution < 1.29 is 0 Å². The summed E-state index contributed by atoms with van der Waals surface area (Å²) in [7, 11) is 0. The molecular weight excluding hydrogens is 324 g/mol. The van der Waals surface area contributed by atoms with Gasteiger partial charge in [-0.1, -0.05) is 48.7 Å². The Morgan fingerprint density at radius 1 is 1.24 bits per heavy atom. The van der Waals surface area contributed by atoms with Gasteiger partial charge in [-0.2, -0.15) is 0 Å². The Bertz CT molecular complexity index is 413. The maximum absolute atomic E-state index is 3.56. The lowest BCUT2D eigenvalue weighted by Crippen LogP contribution is -2.38. The molecule has 2 nitrogen and oxygen atoms in total. The van der Waals surface area contributed by atoms with Gasteiger partial charge in [-0.15, -0.1) is 0 Å². The van der Waals surface area contributed by atoms with Gasteiger partial charge in [0.2, 0.25) is 0 Å². The van der Waals surface area contributed by atoms with Crippen molar-refractivity contribution >= 4 is 21.6 Å². The summed E-state index contributed by atoms with van der Waals surface area (Å²) in [5.41, 5.74) is 1.21. The van der Waals surface area contributed by atoms with Gasteiger partial charge in [-0.05, 0) is 49.9 Å². The van der Waals surface area contributed by atoms with Gasteiger partial charge in [0.25, 0.3) is 0 Å². The van der Waals surface area contributed by atoms with Gasteiger partial charge in [-0.3, -0.25) is 4.90 Å². The average molecular weight is 353 g/mol. The van der Waals surface area contributed by atoms with Gasteiger partial charge in [0, 0.05) is 29.3 Å². The first-order valence-electron chi connectivity index (χ1n) is 8.38. The summed E-state index contributed by atoms with van der Waals surface area (Å²) in [6, 6.07) is 9.26. The van der Waals surface area contributed by atoms with Crippen molar-refractivity contribution in [3.8, 4) is 0 Å². The molecule has 0 bridgehead atoms. The van der Waals surface area contributed by atoms with E-state index in [2.05, 4.69) is 64.3 Å². The zero-order valence-electron chi connectivity index (χ0n) is 13.4. The minimum absolute atomic E-state index is 0.798. The van der Waals surface area contributed by atoms with E-state index in [-0.39, 0.29) is 0 Å². The minimum Gasteiger partial charge on any atom is -0.384 e. The zero-order chi connectivity index (χ0) is 15.1. The Labute approximate surface area is 138 Å². The second kappa shape index (κ2) is 8.79. The molecule has 0 spiro atoms. The maximum Gasteiger partial charge on any atom is 0.0351 e. The van der Waals surface area contributed by atoms with Crippen LogP contribution in [0.15, 0.2) is 28.7 Å². The number of nitrogens with one attached hydrogen (secondary N) is 1. The van der Waals surface area contributed by atoms with Crippen LogP contribution in [0.3, 0.4) is 0 Å². The van der Waals surface area contributed by atoms with Crippen molar-refractivity contribution in [2.24, 2.45) is 5.92 Å². The molecule has 0 unspecified atom stereocenters. The predicted octanol–water partition coefficient (Wildman–Crippen LogP) is 5.15. The molecule has 1 N–H and O–H groups in total. The van der Waals surface area contributed by atoms with E-state index in [0.717, 1.165) is 29.5 Å². The van der Waals surface area contributed by atoms with Crippen LogP contribution in [-0.2, 0) is 0 Å². The van der Waals surface area contributed by atoms with Crippen LogP contribution in [0.4, 0.5) is 5.69 Å². The summed E-state index contributed by atoms with van der Waals surface area (Å²) >= 11 is 3.53. The summed E-state index contributed by atoms with van der Waals surface area (Å²) in [5, 5.41) is 3.56. The molecule has 0 heterocycles. The van der Waals surface area contributed by atoms with Crippen molar-refractivity contribution in [3.63, 3.8) is 0 Å². The molecule has 2 rings (SSSR count). The topological polar surface area (TPSA) is 15.3 Å². The summed E-state index contributed by atoms with van der Waals surface area (Å²) < 4.78 is 1.14. The molecule has 0 radical (unpaired) electrons. The van der Waals surface area contributed by atoms with Crippen molar-refractivity contribution in [1.29, 1.82) is 0 Å². The normalized spacial score (nSPS) is 16.0. The molecule has 0 aliphatic heterocycles. The fourth-order valence-corrected chi connectivity index (χ4v) is 3.51. The Morgan fingerprint density at radius 2 is 2.00 bits per heavy atom. The number of hydrogen-bond acceptors (Lipinski definition) is 2. The SMILES string of the molecule is CC(C)CCN(CCNc1cccc(Br)c1)C1CCCC1. The lowest BCUT2D eigenvalue weighted by Gasteiger charge is -2.29. The summed E-state index contributed by atoms with van der Waals surface area (Å²) in [4.78, 5) is 2.72. The van der Waals surface area contributed by atoms with Crippen LogP contribution < -0.4 is 5.32 Å². The van der Waals surface area contributed by atoms with E-state index in [4.69, 9.17) is 0 Å². The number of nitrogens with zero attached hydrogens (tertiary/aromatic N) is 1. The first kappa shape index (κ1) is 16.8. The number of benzene rings is 1. The first-order valence-corrected chi connectivity index (χ1v) is 9.18. The highest BCUT2D eigenvalue weighted by Gasteiger charge is 2.21. The standard InChI is InChI=1S/C18H29BrN2/c1-15(2)10-12-21(18-8-3-4-9-18)13-11-20-17-7-5-6-16(19)14-17/h5-7,14-15,18,20H,3-4,8-13H2,1-2H3. The van der Waals surface area contributed by atoms with E-state index >= 15 is 0 Å². The number of halogens is 1. The van der Waals surface area contributed by atoms with Gasteiger partial charge in [0.15, 0.2) is 0 Å². The van der Waals surface area contributed by atoms with Gasteiger partial charge in [0.05, 0.1) is 0 Å². The van der Waals surface area contributed by atoms with Crippen LogP contribution in [0.2, 0.25) is 0 Å². The fourth-order valence-electron chi connectivity index (χ4n) is 3.11. The van der Waals surface area contributed by atoms with Crippen LogP contribution in [0.5, 0.6) is 0 Å². The second-order valence-electron chi connectivity index (χ2n) is 6.59. The molecular formula is C18H29BrN2. The number of rotatable bonds is 8. The van der Waals surface area contributed by atoms with Gasteiger partial charge >= 0.3 is 0 Å². The molecule has 1 fully saturated rings. The van der Waals surface area contributed by atoms with Gasteiger partial charge in [0.1, 0.15) is 0 Å². The zero-order valence-corrected chi connectivity index (χ0v) is 15.0. The van der Waals surface area contributed by atoms with E-state index < -0.39 is 0 Å². The van der Waals surface area contributed by atoms with Crippen LogP contribution in [0.25, 0.3) is 0 Å². The smallest absolute Gasteiger partial charge is 0.0351 e. The predicted molar refractivity (Wildman–Crippen MR) is 95.9 cm³/mol. The largest absolute Gasteiger partial charge is 0.384 e. The Hall–Kier alpha value is -0.540. The fraction of sp³-hybridized carbons (Fsp3) is 0.667. The minimum atomic E-state index is 0.798. The molecule has 0 aromatic heterocycles. The quantitative estimate of drug-likeness (QED) is 0.695. The molecule has 118 valence electrons. The lowest BCUT2D eigenvalue weighted by molar-refractivity contribution is 0.195. The average Bonchev–Trinajstić information content (AvgIpc) is 2.96. The molecule has 21 heavy (non-hydrogen) atoms. The van der Waals surface area contributed by atoms with E-state index in [0.29, 0.717) is 0 Å². The maximum atomic E-state index is 3.56. The first-order chi connectivity index (χ1) is 10.1. The van der Waals surface area contributed by atoms with Crippen molar-refractivity contribution in [2.75, 3.05) is 25.0 Å². The van der Waals surface area contributed by atoms with Gasteiger partial charge < -0.3 is 5.32 Å². The van der Waals surface area contributed by atoms with E-state index in [9.17, 15) is 0 Å². The summed E-state index contributed by atoms with van der Waals surface area (Å²) in [6.07, 6.45) is 6.95. The van der Waals surface area contributed by atoms with Crippen molar-refractivity contribution in [2.45, 2.75) is 52.0 Å². The molecule has 0 saturated heterocycles. The molecule has 1 aromatic rings. The Morgan fingerprint density at radius 3 is 2.67 bits per heavy atom. The lowest BCUT2D eigenvalue weighted by atomic mass is 10.1. The van der Waals surface area contributed by atoms with Crippen molar-refractivity contribution in [3.05, 3.63) is 28.7 Å². The molecule has 1 aromatic carbocycles. The van der Waals surface area contributed by atoms with E-state index in [1.165, 1.54) is 44.3 Å². The van der Waals surface area contributed by atoms with Crippen LogP contribution in [0, 0.1) is 5.92 Å². The van der Waals surface area contributed by atoms with Crippen LogP contribution in [0.1, 0.15) is 46.0 Å². The third-order valence-corrected chi connectivity index (χ3v) is 4.88. The highest BCUT2D eigenvalue weighted by molar-refractivity contribution is 9.10. The van der Waals surface area contributed by atoms with Crippen molar-refractivity contribution in [1.82, 2.24) is 4.90 Å². The molecule has 1 saturated carbocycles. The van der Waals surface area contributed by atoms with Crippen LogP contribution >= 0.6 is 15.9 Å². The molecule has 1 aliphatic carbocycles. The second-order valence-corrected chi connectivity index (χ2v) is 7.51. The number of anilines is 1. The monoisotopic (exact) mass is 352 g/mol. The molecule has 0 amide bonds. The Balaban J connectivity index is 1.80. The highest BCUT2D eigenvalue weighted by atomic mass is 79.9. The highest BCUT2D eigenvalue weighted by Crippen LogP contribution is 2.24. The number of hydrogen-bond donors (Lipinski definition) is 1. The third-order valence-electron chi connectivity index (χ3n) is 4.39. The summed E-state index contributed by atoms with van der Waals surface area (Å²) in [5.74, 6) is 0.798. The van der Waals surface area contributed by atoms with Gasteiger partial charge in [-0.25, -0.2) is 0 Å².